The van der Waals surface area contributed by atoms with Crippen LogP contribution in [0.2, 0.25) is 10.0 Å². The van der Waals surface area contributed by atoms with Crippen molar-refractivity contribution in [3.05, 3.63) is 69.5 Å². The highest BCUT2D eigenvalue weighted by Gasteiger charge is 2.29. The Bertz CT molecular complexity index is 896. The van der Waals surface area contributed by atoms with Crippen LogP contribution in [0.5, 0.6) is 0 Å². The van der Waals surface area contributed by atoms with E-state index in [1.165, 1.54) is 11.0 Å². The molecule has 0 aromatic heterocycles. The lowest BCUT2D eigenvalue weighted by atomic mass is 10.1. The minimum Gasteiger partial charge on any atom is -0.352 e. The van der Waals surface area contributed by atoms with Gasteiger partial charge in [0.25, 0.3) is 0 Å². The Labute approximate surface area is 186 Å². The smallest absolute Gasteiger partial charge is 0.242 e. The maximum Gasteiger partial charge on any atom is 0.242 e. The molecule has 1 fully saturated rings. The zero-order valence-electron chi connectivity index (χ0n) is 16.8. The molecule has 1 aliphatic carbocycles. The SMILES string of the molecule is C[C@@H](C(=O)NC1CCCC1)N(Cc1c(Cl)cccc1Cl)C(=O)Cc1ccccc1F. The molecule has 160 valence electrons. The third-order valence-electron chi connectivity index (χ3n) is 5.56. The van der Waals surface area contributed by atoms with E-state index in [-0.39, 0.29) is 36.4 Å². The van der Waals surface area contributed by atoms with Gasteiger partial charge in [0.2, 0.25) is 11.8 Å². The van der Waals surface area contributed by atoms with Crippen molar-refractivity contribution in [1.29, 1.82) is 0 Å². The van der Waals surface area contributed by atoms with Gasteiger partial charge in [-0.1, -0.05) is 60.3 Å². The van der Waals surface area contributed by atoms with Crippen LogP contribution < -0.4 is 5.32 Å². The lowest BCUT2D eigenvalue weighted by molar-refractivity contribution is -0.140. The first kappa shape index (κ1) is 22.6. The summed E-state index contributed by atoms with van der Waals surface area (Å²) in [6.45, 7) is 1.74. The Kier molecular flexibility index (Phi) is 7.73. The number of amides is 2. The number of hydrogen-bond donors (Lipinski definition) is 1. The van der Waals surface area contributed by atoms with Crippen molar-refractivity contribution in [3.63, 3.8) is 0 Å². The molecule has 0 unspecified atom stereocenters. The molecule has 0 saturated heterocycles. The van der Waals surface area contributed by atoms with Gasteiger partial charge >= 0.3 is 0 Å². The zero-order chi connectivity index (χ0) is 21.7. The Balaban J connectivity index is 1.84. The molecule has 1 saturated carbocycles. The van der Waals surface area contributed by atoms with Gasteiger partial charge in [0.15, 0.2) is 0 Å². The highest BCUT2D eigenvalue weighted by molar-refractivity contribution is 6.36. The van der Waals surface area contributed by atoms with Gasteiger partial charge in [0.1, 0.15) is 11.9 Å². The number of nitrogens with one attached hydrogen (secondary N) is 1. The molecule has 3 rings (SSSR count). The van der Waals surface area contributed by atoms with Gasteiger partial charge < -0.3 is 10.2 Å². The molecule has 0 aliphatic heterocycles. The molecule has 7 heteroatoms. The number of rotatable bonds is 7. The summed E-state index contributed by atoms with van der Waals surface area (Å²) in [5.41, 5.74) is 0.837. The first-order valence-corrected chi connectivity index (χ1v) is 10.9. The summed E-state index contributed by atoms with van der Waals surface area (Å²) in [5, 5.41) is 3.85. The van der Waals surface area contributed by atoms with Crippen molar-refractivity contribution >= 4 is 35.0 Å². The van der Waals surface area contributed by atoms with Crippen molar-refractivity contribution in [1.82, 2.24) is 10.2 Å². The highest BCUT2D eigenvalue weighted by Crippen LogP contribution is 2.27. The minimum absolute atomic E-state index is 0.0606. The number of nitrogens with zero attached hydrogens (tertiary/aromatic N) is 1. The maximum absolute atomic E-state index is 14.1. The van der Waals surface area contributed by atoms with Gasteiger partial charge in [-0.3, -0.25) is 9.59 Å². The van der Waals surface area contributed by atoms with Crippen LogP contribution in [0.15, 0.2) is 42.5 Å². The van der Waals surface area contributed by atoms with Gasteiger partial charge in [0.05, 0.1) is 6.42 Å². The van der Waals surface area contributed by atoms with Crippen molar-refractivity contribution < 1.29 is 14.0 Å². The summed E-state index contributed by atoms with van der Waals surface area (Å²) in [6, 6.07) is 10.6. The second-order valence-corrected chi connectivity index (χ2v) is 8.47. The highest BCUT2D eigenvalue weighted by atomic mass is 35.5. The molecule has 0 spiro atoms. The van der Waals surface area contributed by atoms with E-state index in [2.05, 4.69) is 5.32 Å². The Morgan fingerprint density at radius 1 is 1.10 bits per heavy atom. The predicted octanol–water partition coefficient (Wildman–Crippen LogP) is 5.15. The average molecular weight is 451 g/mol. The Morgan fingerprint density at radius 3 is 2.37 bits per heavy atom. The fraction of sp³-hybridized carbons (Fsp3) is 0.391. The molecule has 1 atom stereocenters. The van der Waals surface area contributed by atoms with E-state index < -0.39 is 11.9 Å². The summed E-state index contributed by atoms with van der Waals surface area (Å²) in [7, 11) is 0. The first-order valence-electron chi connectivity index (χ1n) is 10.1. The first-order chi connectivity index (χ1) is 14.4. The van der Waals surface area contributed by atoms with E-state index in [1.807, 2.05) is 0 Å². The van der Waals surface area contributed by atoms with Crippen LogP contribution in [0.1, 0.15) is 43.7 Å². The summed E-state index contributed by atoms with van der Waals surface area (Å²) in [6.07, 6.45) is 3.90. The van der Waals surface area contributed by atoms with Crippen molar-refractivity contribution in [3.8, 4) is 0 Å². The number of benzene rings is 2. The second kappa shape index (κ2) is 10.3. The molecule has 1 aliphatic rings. The van der Waals surface area contributed by atoms with E-state index in [1.54, 1.807) is 43.3 Å². The molecule has 30 heavy (non-hydrogen) atoms. The van der Waals surface area contributed by atoms with Crippen LogP contribution in [0.25, 0.3) is 0 Å². The van der Waals surface area contributed by atoms with E-state index in [0.717, 1.165) is 25.7 Å². The van der Waals surface area contributed by atoms with Crippen LogP contribution >= 0.6 is 23.2 Å². The van der Waals surface area contributed by atoms with Crippen LogP contribution in [0, 0.1) is 5.82 Å². The number of carbonyl (C=O) groups excluding carboxylic acids is 2. The number of halogens is 3. The van der Waals surface area contributed by atoms with Crippen LogP contribution in [-0.2, 0) is 22.6 Å². The molecule has 0 bridgehead atoms. The fourth-order valence-corrected chi connectivity index (χ4v) is 4.25. The monoisotopic (exact) mass is 450 g/mol. The van der Waals surface area contributed by atoms with Gasteiger partial charge in [-0.05, 0) is 43.5 Å². The third kappa shape index (κ3) is 5.52. The topological polar surface area (TPSA) is 49.4 Å². The number of hydrogen-bond acceptors (Lipinski definition) is 2. The summed E-state index contributed by atoms with van der Waals surface area (Å²) >= 11 is 12.6. The van der Waals surface area contributed by atoms with Crippen molar-refractivity contribution in [2.24, 2.45) is 0 Å². The summed E-state index contributed by atoms with van der Waals surface area (Å²) < 4.78 is 14.1. The van der Waals surface area contributed by atoms with Crippen LogP contribution in [0.4, 0.5) is 4.39 Å². The Morgan fingerprint density at radius 2 is 1.73 bits per heavy atom. The minimum atomic E-state index is -0.753. The fourth-order valence-electron chi connectivity index (χ4n) is 3.73. The predicted molar refractivity (Wildman–Crippen MR) is 117 cm³/mol. The quantitative estimate of drug-likeness (QED) is 0.633. The third-order valence-corrected chi connectivity index (χ3v) is 6.27. The number of carbonyl (C=O) groups is 2. The van der Waals surface area contributed by atoms with E-state index in [0.29, 0.717) is 15.6 Å². The lowest BCUT2D eigenvalue weighted by Gasteiger charge is -2.30. The molecule has 2 aromatic rings. The van der Waals surface area contributed by atoms with Gasteiger partial charge in [-0.15, -0.1) is 0 Å². The van der Waals surface area contributed by atoms with Crippen molar-refractivity contribution in [2.75, 3.05) is 0 Å². The zero-order valence-corrected chi connectivity index (χ0v) is 18.3. The average Bonchev–Trinajstić information content (AvgIpc) is 3.22. The van der Waals surface area contributed by atoms with Gasteiger partial charge in [-0.2, -0.15) is 0 Å². The molecule has 0 heterocycles. The molecular formula is C23H25Cl2FN2O2. The normalized spacial score (nSPS) is 15.1. The molecular weight excluding hydrogens is 426 g/mol. The van der Waals surface area contributed by atoms with Crippen LogP contribution in [0.3, 0.4) is 0 Å². The summed E-state index contributed by atoms with van der Waals surface area (Å²) in [4.78, 5) is 27.5. The molecule has 1 N–H and O–H groups in total. The molecule has 4 nitrogen and oxygen atoms in total. The summed E-state index contributed by atoms with van der Waals surface area (Å²) in [5.74, 6) is -1.05. The largest absolute Gasteiger partial charge is 0.352 e. The van der Waals surface area contributed by atoms with E-state index >= 15 is 0 Å². The molecule has 2 amide bonds. The van der Waals surface area contributed by atoms with E-state index in [9.17, 15) is 14.0 Å². The molecule has 0 radical (unpaired) electrons. The van der Waals surface area contributed by atoms with Crippen molar-refractivity contribution in [2.45, 2.75) is 57.7 Å². The van der Waals surface area contributed by atoms with Gasteiger partial charge in [0, 0.05) is 28.2 Å². The lowest BCUT2D eigenvalue weighted by Crippen LogP contribution is -2.50. The van der Waals surface area contributed by atoms with Gasteiger partial charge in [-0.25, -0.2) is 4.39 Å². The van der Waals surface area contributed by atoms with Crippen LogP contribution in [-0.4, -0.2) is 28.8 Å². The van der Waals surface area contributed by atoms with E-state index in [4.69, 9.17) is 23.2 Å². The maximum atomic E-state index is 14.1. The molecule has 2 aromatic carbocycles. The standard InChI is InChI=1S/C23H25Cl2FN2O2/c1-15(23(30)27-17-8-3-4-9-17)28(14-18-19(24)10-6-11-20(18)25)22(29)13-16-7-2-5-12-21(16)26/h2,5-7,10-12,15,17H,3-4,8-9,13-14H2,1H3,(H,27,30)/t15-/m0/s1. The second-order valence-electron chi connectivity index (χ2n) is 7.66. The Hall–Kier alpha value is -2.11.